The molecule has 1 amide bonds. The highest BCUT2D eigenvalue weighted by atomic mass is 79.9. The molecule has 2 N–H and O–H groups in total. The summed E-state index contributed by atoms with van der Waals surface area (Å²) in [5.74, 6) is -0.178. The van der Waals surface area contributed by atoms with E-state index in [4.69, 9.17) is 0 Å². The number of amides is 1. The van der Waals surface area contributed by atoms with Crippen LogP contribution in [-0.4, -0.2) is 10.9 Å². The molecule has 0 bridgehead atoms. The fraction of sp³-hybridized carbons (Fsp3) is 0.0588. The summed E-state index contributed by atoms with van der Waals surface area (Å²) in [6, 6.07) is 13.5. The van der Waals surface area contributed by atoms with E-state index in [1.54, 1.807) is 18.3 Å². The Bertz CT molecular complexity index is 834. The third kappa shape index (κ3) is 3.78. The molecule has 6 heteroatoms. The average Bonchev–Trinajstić information content (AvgIpc) is 3.04. The van der Waals surface area contributed by atoms with Gasteiger partial charge in [0.15, 0.2) is 5.13 Å². The maximum atomic E-state index is 12.2. The van der Waals surface area contributed by atoms with E-state index in [1.165, 1.54) is 11.3 Å². The lowest BCUT2D eigenvalue weighted by atomic mass is 10.1. The van der Waals surface area contributed by atoms with Crippen molar-refractivity contribution in [2.24, 2.45) is 0 Å². The Morgan fingerprint density at radius 1 is 1.17 bits per heavy atom. The summed E-state index contributed by atoms with van der Waals surface area (Å²) in [5.41, 5.74) is 3.67. The van der Waals surface area contributed by atoms with Crippen LogP contribution in [0.2, 0.25) is 0 Å². The minimum atomic E-state index is -0.178. The van der Waals surface area contributed by atoms with Crippen molar-refractivity contribution in [1.29, 1.82) is 0 Å². The lowest BCUT2D eigenvalue weighted by molar-refractivity contribution is 0.102. The Kier molecular flexibility index (Phi) is 4.73. The van der Waals surface area contributed by atoms with Gasteiger partial charge >= 0.3 is 0 Å². The molecule has 1 aromatic heterocycles. The number of rotatable bonds is 4. The fourth-order valence-electron chi connectivity index (χ4n) is 2.07. The molecule has 0 atom stereocenters. The molecule has 0 aliphatic rings. The number of benzene rings is 2. The number of thiazole rings is 1. The molecule has 0 fully saturated rings. The van der Waals surface area contributed by atoms with Crippen LogP contribution in [0.5, 0.6) is 0 Å². The van der Waals surface area contributed by atoms with Crippen LogP contribution in [0, 0.1) is 6.92 Å². The maximum absolute atomic E-state index is 12.2. The Balaban J connectivity index is 1.78. The zero-order valence-corrected chi connectivity index (χ0v) is 14.7. The Hall–Kier alpha value is -2.18. The first-order valence-corrected chi connectivity index (χ1v) is 8.64. The third-order valence-electron chi connectivity index (χ3n) is 3.30. The molecule has 0 aliphatic carbocycles. The van der Waals surface area contributed by atoms with Gasteiger partial charge in [-0.1, -0.05) is 18.2 Å². The first-order valence-electron chi connectivity index (χ1n) is 6.96. The van der Waals surface area contributed by atoms with Crippen molar-refractivity contribution in [2.75, 3.05) is 10.6 Å². The van der Waals surface area contributed by atoms with Gasteiger partial charge in [-0.2, -0.15) is 0 Å². The van der Waals surface area contributed by atoms with Crippen molar-refractivity contribution in [3.05, 3.63) is 69.6 Å². The number of aromatic nitrogens is 1. The van der Waals surface area contributed by atoms with Gasteiger partial charge in [0.25, 0.3) is 5.91 Å². The highest BCUT2D eigenvalue weighted by Gasteiger charge is 2.10. The van der Waals surface area contributed by atoms with Crippen molar-refractivity contribution < 1.29 is 4.79 Å². The van der Waals surface area contributed by atoms with Crippen molar-refractivity contribution in [2.45, 2.75) is 6.92 Å². The molecule has 0 saturated heterocycles. The second-order valence-corrected chi connectivity index (χ2v) is 6.67. The van der Waals surface area contributed by atoms with Crippen molar-refractivity contribution >= 4 is 49.7 Å². The van der Waals surface area contributed by atoms with Crippen LogP contribution >= 0.6 is 27.3 Å². The summed E-state index contributed by atoms with van der Waals surface area (Å²) in [5, 5.41) is 8.55. The van der Waals surface area contributed by atoms with Crippen molar-refractivity contribution in [3.63, 3.8) is 0 Å². The van der Waals surface area contributed by atoms with E-state index in [2.05, 4.69) is 31.5 Å². The highest BCUT2D eigenvalue weighted by Crippen LogP contribution is 2.28. The molecule has 0 aliphatic heterocycles. The summed E-state index contributed by atoms with van der Waals surface area (Å²) in [6.45, 7) is 2.05. The SMILES string of the molecule is Cc1ccccc1Nc1ccc(C(=O)Nc2nccs2)cc1Br. The van der Waals surface area contributed by atoms with Gasteiger partial charge in [-0.25, -0.2) is 4.98 Å². The summed E-state index contributed by atoms with van der Waals surface area (Å²) < 4.78 is 0.826. The van der Waals surface area contributed by atoms with E-state index < -0.39 is 0 Å². The minimum absolute atomic E-state index is 0.178. The first kappa shape index (κ1) is 15.7. The number of hydrogen-bond donors (Lipinski definition) is 2. The van der Waals surface area contributed by atoms with Crippen molar-refractivity contribution in [1.82, 2.24) is 4.98 Å². The lowest BCUT2D eigenvalue weighted by Crippen LogP contribution is -2.11. The monoisotopic (exact) mass is 387 g/mol. The van der Waals surface area contributed by atoms with Gasteiger partial charge in [0.1, 0.15) is 0 Å². The van der Waals surface area contributed by atoms with Crippen LogP contribution < -0.4 is 10.6 Å². The van der Waals surface area contributed by atoms with Gasteiger partial charge in [0.2, 0.25) is 0 Å². The molecule has 0 saturated carbocycles. The largest absolute Gasteiger partial charge is 0.354 e. The minimum Gasteiger partial charge on any atom is -0.354 e. The van der Waals surface area contributed by atoms with Gasteiger partial charge < -0.3 is 5.32 Å². The van der Waals surface area contributed by atoms with E-state index in [1.807, 2.05) is 42.6 Å². The number of halogens is 1. The van der Waals surface area contributed by atoms with Crippen LogP contribution in [0.1, 0.15) is 15.9 Å². The zero-order chi connectivity index (χ0) is 16.2. The van der Waals surface area contributed by atoms with Gasteiger partial charge in [0, 0.05) is 27.3 Å². The molecule has 0 radical (unpaired) electrons. The van der Waals surface area contributed by atoms with Crippen LogP contribution in [0.3, 0.4) is 0 Å². The number of hydrogen-bond acceptors (Lipinski definition) is 4. The molecule has 23 heavy (non-hydrogen) atoms. The van der Waals surface area contributed by atoms with Crippen LogP contribution in [-0.2, 0) is 0 Å². The van der Waals surface area contributed by atoms with E-state index in [0.29, 0.717) is 10.7 Å². The van der Waals surface area contributed by atoms with Gasteiger partial charge in [0.05, 0.1) is 5.69 Å². The normalized spacial score (nSPS) is 10.3. The molecular weight excluding hydrogens is 374 g/mol. The van der Waals surface area contributed by atoms with E-state index in [0.717, 1.165) is 21.4 Å². The molecule has 3 rings (SSSR count). The van der Waals surface area contributed by atoms with E-state index >= 15 is 0 Å². The summed E-state index contributed by atoms with van der Waals surface area (Å²) >= 11 is 4.91. The second-order valence-electron chi connectivity index (χ2n) is 4.93. The summed E-state index contributed by atoms with van der Waals surface area (Å²) in [6.07, 6.45) is 1.66. The van der Waals surface area contributed by atoms with Gasteiger partial charge in [-0.3, -0.25) is 10.1 Å². The van der Waals surface area contributed by atoms with Crippen molar-refractivity contribution in [3.8, 4) is 0 Å². The number of carbonyl (C=O) groups is 1. The quantitative estimate of drug-likeness (QED) is 0.645. The third-order valence-corrected chi connectivity index (χ3v) is 4.64. The molecule has 116 valence electrons. The molecular formula is C17H14BrN3OS. The highest BCUT2D eigenvalue weighted by molar-refractivity contribution is 9.10. The average molecular weight is 388 g/mol. The molecule has 1 heterocycles. The number of nitrogens with one attached hydrogen (secondary N) is 2. The Labute approximate surface area is 146 Å². The fourth-order valence-corrected chi connectivity index (χ4v) is 3.07. The standard InChI is InChI=1S/C17H14BrN3OS/c1-11-4-2-3-5-14(11)20-15-7-6-12(10-13(15)18)16(22)21-17-19-8-9-23-17/h2-10,20H,1H3,(H,19,21,22). The number of para-hydroxylation sites is 1. The predicted octanol–water partition coefficient (Wildman–Crippen LogP) is 5.21. The maximum Gasteiger partial charge on any atom is 0.257 e. The van der Waals surface area contributed by atoms with Crippen LogP contribution in [0.4, 0.5) is 16.5 Å². The number of aryl methyl sites for hydroxylation is 1. The smallest absolute Gasteiger partial charge is 0.257 e. The first-order chi connectivity index (χ1) is 11.1. The number of nitrogens with zero attached hydrogens (tertiary/aromatic N) is 1. The Morgan fingerprint density at radius 3 is 2.70 bits per heavy atom. The van der Waals surface area contributed by atoms with E-state index in [-0.39, 0.29) is 5.91 Å². The lowest BCUT2D eigenvalue weighted by Gasteiger charge is -2.12. The second kappa shape index (κ2) is 6.93. The summed E-state index contributed by atoms with van der Waals surface area (Å²) in [7, 11) is 0. The van der Waals surface area contributed by atoms with E-state index in [9.17, 15) is 4.79 Å². The van der Waals surface area contributed by atoms with Crippen LogP contribution in [0.15, 0.2) is 58.5 Å². The number of anilines is 3. The molecule has 0 unspecified atom stereocenters. The topological polar surface area (TPSA) is 54.0 Å². The molecule has 0 spiro atoms. The van der Waals surface area contributed by atoms with Gasteiger partial charge in [-0.15, -0.1) is 11.3 Å². The van der Waals surface area contributed by atoms with Gasteiger partial charge in [-0.05, 0) is 52.7 Å². The summed E-state index contributed by atoms with van der Waals surface area (Å²) in [4.78, 5) is 16.3. The zero-order valence-electron chi connectivity index (χ0n) is 12.3. The molecule has 4 nitrogen and oxygen atoms in total. The van der Waals surface area contributed by atoms with Crippen LogP contribution in [0.25, 0.3) is 0 Å². The predicted molar refractivity (Wildman–Crippen MR) is 98.7 cm³/mol. The number of carbonyl (C=O) groups excluding carboxylic acids is 1. The molecule has 3 aromatic rings. The Morgan fingerprint density at radius 2 is 2.00 bits per heavy atom. The molecule has 2 aromatic carbocycles.